The van der Waals surface area contributed by atoms with Gasteiger partial charge >= 0.3 is 31.8 Å². The molecule has 0 saturated carbocycles. The van der Waals surface area contributed by atoms with Crippen molar-refractivity contribution in [1.82, 2.24) is 56.8 Å². The zero-order chi connectivity index (χ0) is 82.9. The van der Waals surface area contributed by atoms with Crippen molar-refractivity contribution >= 4 is 102 Å². The first-order valence-electron chi connectivity index (χ1n) is 35.7. The maximum absolute atomic E-state index is 15.5. The molecule has 1 fully saturated rings. The van der Waals surface area contributed by atoms with Crippen LogP contribution in [0.4, 0.5) is 10.5 Å². The number of esters is 3. The number of anilines is 1. The van der Waals surface area contributed by atoms with Gasteiger partial charge in [0.15, 0.2) is 24.2 Å². The summed E-state index contributed by atoms with van der Waals surface area (Å²) in [6.07, 6.45) is -7.91. The van der Waals surface area contributed by atoms with Crippen molar-refractivity contribution in [3.8, 4) is 0 Å². The number of aliphatic hydroxyl groups excluding tert-OH is 1. The molecule has 0 aromatic heterocycles. The van der Waals surface area contributed by atoms with Gasteiger partial charge < -0.3 is 96.8 Å². The van der Waals surface area contributed by atoms with Crippen molar-refractivity contribution < 1.29 is 114 Å². The topological polar surface area (TPSA) is 504 Å². The fourth-order valence-electron chi connectivity index (χ4n) is 11.3. The van der Waals surface area contributed by atoms with E-state index >= 15 is 9.59 Å². The summed E-state index contributed by atoms with van der Waals surface area (Å²) < 4.78 is 48.6. The van der Waals surface area contributed by atoms with Gasteiger partial charge in [0.25, 0.3) is 11.8 Å². The molecule has 0 spiro atoms. The molecule has 110 heavy (non-hydrogen) atoms. The number of benzene rings is 2. The highest BCUT2D eigenvalue weighted by atomic mass is 31.2. The molecule has 13 amide bonds. The van der Waals surface area contributed by atoms with E-state index in [1.54, 1.807) is 44.2 Å². The van der Waals surface area contributed by atoms with E-state index in [0.717, 1.165) is 46.7 Å². The Morgan fingerprint density at radius 2 is 1.38 bits per heavy atom. The lowest BCUT2D eigenvalue weighted by molar-refractivity contribution is -0.174. The largest absolute Gasteiger partial charge is 0.472 e. The lowest BCUT2D eigenvalue weighted by Crippen LogP contribution is -2.64. The third-order valence-electron chi connectivity index (χ3n) is 18.0. The Balaban J connectivity index is 1.69. The Morgan fingerprint density at radius 1 is 0.755 bits per heavy atom. The van der Waals surface area contributed by atoms with Crippen LogP contribution in [0.1, 0.15) is 120 Å². The SMILES string of the molecule is C=C1C(=O)N[C@@H](C)C(=O)N(C)[C@@H](C)C(=O)N[C@@H]([C@H](OC(=O)[C@@H](NC(=O)CC)[C@H](OP(=O)(O)OCc2ccc(NC(=O)[C@H](CCCNC(N)=O)NC(=O)[C@@H](NC(=O)CCN3C(=O)C=CC3O)C(C)C)cc2)C(C)C)C(C)C)C(=O)N(C)[C@@H]([C@@H](C)OC)C(=O)O[C@H](C)[C@H](NC(C)=O)C(=O)O[C@H](Cc2ccccc2)C(=O)N1C. The highest BCUT2D eigenvalue weighted by Crippen LogP contribution is 2.47. The normalized spacial score (nSPS) is 22.4. The fraction of sp³-hybridized carbons (Fsp3) is 0.569. The minimum absolute atomic E-state index is 0.0181. The highest BCUT2D eigenvalue weighted by Gasteiger charge is 2.48. The minimum atomic E-state index is -5.34. The van der Waals surface area contributed by atoms with Gasteiger partial charge in [0, 0.05) is 79.3 Å². The summed E-state index contributed by atoms with van der Waals surface area (Å²) in [5.41, 5.74) is 5.53. The first-order valence-corrected chi connectivity index (χ1v) is 37.2. The number of carbonyl (C=O) groups excluding carboxylic acids is 15. The zero-order valence-electron chi connectivity index (χ0n) is 64.7. The van der Waals surface area contributed by atoms with E-state index in [4.69, 9.17) is 33.7 Å². The Kier molecular flexibility index (Phi) is 35.8. The van der Waals surface area contributed by atoms with Crippen molar-refractivity contribution in [3.05, 3.63) is 90.2 Å². The number of phosphoric acid groups is 1. The third kappa shape index (κ3) is 27.1. The van der Waals surface area contributed by atoms with Gasteiger partial charge in [-0.1, -0.05) is 97.5 Å². The van der Waals surface area contributed by atoms with Crippen molar-refractivity contribution in [2.75, 3.05) is 46.7 Å². The molecule has 2 aliphatic rings. The molecule has 2 unspecified atom stereocenters. The molecule has 608 valence electrons. The van der Waals surface area contributed by atoms with Gasteiger partial charge in [0.05, 0.1) is 12.7 Å². The molecule has 38 heteroatoms. The third-order valence-corrected chi connectivity index (χ3v) is 19.0. The van der Waals surface area contributed by atoms with Crippen LogP contribution in [-0.2, 0) is 113 Å². The number of methoxy groups -OCH3 is 1. The van der Waals surface area contributed by atoms with Gasteiger partial charge in [0.2, 0.25) is 53.2 Å². The molecule has 0 radical (unpaired) electrons. The number of cyclic esters (lactones) is 2. The van der Waals surface area contributed by atoms with Crippen LogP contribution in [0.3, 0.4) is 0 Å². The molecule has 2 heterocycles. The molecule has 2 aromatic carbocycles. The van der Waals surface area contributed by atoms with E-state index in [1.165, 1.54) is 107 Å². The number of carbonyl (C=O) groups is 15. The number of nitrogens with zero attached hydrogens (tertiary/aromatic N) is 4. The highest BCUT2D eigenvalue weighted by molar-refractivity contribution is 7.47. The number of amides is 13. The number of nitrogens with one attached hydrogen (secondary N) is 8. The molecule has 2 aromatic rings. The summed E-state index contributed by atoms with van der Waals surface area (Å²) in [6, 6.07) is -0.293. The Morgan fingerprint density at radius 3 is 1.94 bits per heavy atom. The number of likely N-dealkylation sites (N-methyl/N-ethyl adjacent to an activating group) is 3. The second-order valence-electron chi connectivity index (χ2n) is 27.5. The molecular formula is C72H106N13O24P. The molecule has 15 atom stereocenters. The van der Waals surface area contributed by atoms with E-state index in [0.29, 0.717) is 5.56 Å². The molecule has 12 N–H and O–H groups in total. The summed E-state index contributed by atoms with van der Waals surface area (Å²) in [4.78, 5) is 222. The van der Waals surface area contributed by atoms with Crippen molar-refractivity contribution in [2.45, 2.75) is 207 Å². The van der Waals surface area contributed by atoms with Crippen LogP contribution in [0.2, 0.25) is 0 Å². The van der Waals surface area contributed by atoms with Gasteiger partial charge in [-0.05, 0) is 87.6 Å². The van der Waals surface area contributed by atoms with Crippen molar-refractivity contribution in [2.24, 2.45) is 23.5 Å². The number of hydrogen-bond donors (Lipinski definition) is 11. The molecule has 0 aliphatic carbocycles. The maximum atomic E-state index is 15.5. The lowest BCUT2D eigenvalue weighted by Gasteiger charge is -2.38. The van der Waals surface area contributed by atoms with Crippen LogP contribution >= 0.6 is 7.82 Å². The Hall–Kier alpha value is -10.2. The van der Waals surface area contributed by atoms with Gasteiger partial charge in [-0.25, -0.2) is 23.7 Å². The lowest BCUT2D eigenvalue weighted by atomic mass is 9.95. The number of rotatable bonds is 31. The average molecular weight is 1570 g/mol. The second-order valence-corrected chi connectivity index (χ2v) is 29.0. The smallest absolute Gasteiger partial charge is 0.458 e. The zero-order valence-corrected chi connectivity index (χ0v) is 65.6. The standard InChI is InChI=1S/C72H106N13O24P/c1-18-51(87)79-58(61(39(6)7)109-110(102,103)105-36-47-26-28-48(29-27-47)77-64(93)49(25-22-33-74-72(73)101)78-65(94)55(37(2)3)80-52(88)32-34-85-53(89)30-31-54(85)90)70(99)108-60(38(4)5)57-68(97)84(16)59(44(12)104-17)71(100)106-43(11)56(76-45(13)86)69(98)107-50(35-46-23-20-19-21-24-46)67(96)83(15)41(9)62(91)75-40(8)66(95)82(14)42(10)63(92)81-57/h19-21,23-24,26-31,37-40,42-44,49-50,53,55-61,89H,9,18,22,25,32-36H2,1-8,10-17H3,(H,75,91)(H,76,86)(H,77,93)(H,78,94)(H,79,87)(H,80,88)(H,81,92)(H,102,103)(H3,73,74,101)/t40-,42-,43+,44+,49-,50+,53?,55-,56-,57-,58-,59-,60+,61+/m0/s1. The van der Waals surface area contributed by atoms with E-state index in [9.17, 15) is 76.9 Å². The number of nitrogens with two attached hydrogens (primary N) is 1. The van der Waals surface area contributed by atoms with Crippen LogP contribution in [0.25, 0.3) is 0 Å². The van der Waals surface area contributed by atoms with E-state index in [2.05, 4.69) is 49.1 Å². The Labute approximate surface area is 638 Å². The van der Waals surface area contributed by atoms with E-state index in [-0.39, 0.29) is 56.4 Å². The van der Waals surface area contributed by atoms with Crippen molar-refractivity contribution in [3.63, 3.8) is 0 Å². The van der Waals surface area contributed by atoms with Crippen LogP contribution in [-0.4, -0.2) is 245 Å². The monoisotopic (exact) mass is 1570 g/mol. The number of aliphatic hydroxyl groups is 1. The number of phosphoric ester groups is 1. The van der Waals surface area contributed by atoms with Crippen LogP contribution in [0, 0.1) is 17.8 Å². The summed E-state index contributed by atoms with van der Waals surface area (Å²) in [7, 11) is -0.721. The first kappa shape index (κ1) is 92.2. The predicted molar refractivity (Wildman–Crippen MR) is 393 cm³/mol. The van der Waals surface area contributed by atoms with Crippen LogP contribution in [0.15, 0.2) is 79.0 Å². The molecule has 2 aliphatic heterocycles. The van der Waals surface area contributed by atoms with Gasteiger partial charge in [-0.2, -0.15) is 0 Å². The molecule has 4 rings (SSSR count). The summed E-state index contributed by atoms with van der Waals surface area (Å²) in [6.45, 7) is 19.6. The van der Waals surface area contributed by atoms with Crippen molar-refractivity contribution in [1.29, 1.82) is 0 Å². The molecular weight excluding hydrogens is 1460 g/mol. The summed E-state index contributed by atoms with van der Waals surface area (Å²) >= 11 is 0. The summed E-state index contributed by atoms with van der Waals surface area (Å²) in [5.74, 6) is -16.0. The number of urea groups is 1. The first-order chi connectivity index (χ1) is 51.4. The van der Waals surface area contributed by atoms with E-state index < -0.39 is 212 Å². The minimum Gasteiger partial charge on any atom is -0.458 e. The summed E-state index contributed by atoms with van der Waals surface area (Å²) in [5, 5.41) is 30.2. The van der Waals surface area contributed by atoms with Crippen LogP contribution < -0.4 is 48.3 Å². The number of hydrogen-bond acceptors (Lipinski definition) is 23. The Bertz CT molecular complexity index is 3730. The van der Waals surface area contributed by atoms with Gasteiger partial charge in [-0.15, -0.1) is 0 Å². The molecule has 37 nitrogen and oxygen atoms in total. The number of primary amides is 1. The molecule has 0 bridgehead atoms. The quantitative estimate of drug-likeness (QED) is 0.0158. The second kappa shape index (κ2) is 42.7. The maximum Gasteiger partial charge on any atom is 0.472 e. The fourth-order valence-corrected chi connectivity index (χ4v) is 12.4. The molecule has 1 saturated heterocycles. The van der Waals surface area contributed by atoms with Gasteiger partial charge in [0.1, 0.15) is 60.4 Å². The number of ether oxygens (including phenoxy) is 4. The van der Waals surface area contributed by atoms with Gasteiger partial charge in [-0.3, -0.25) is 61.8 Å². The van der Waals surface area contributed by atoms with E-state index in [1.807, 2.05) is 0 Å². The van der Waals surface area contributed by atoms with Crippen LogP contribution in [0.5, 0.6) is 0 Å². The predicted octanol–water partition coefficient (Wildman–Crippen LogP) is 0.202. The average Bonchev–Trinajstić information content (AvgIpc) is 0.917.